The predicted octanol–water partition coefficient (Wildman–Crippen LogP) is 2.25. The second-order valence-electron chi connectivity index (χ2n) is 5.88. The Morgan fingerprint density at radius 3 is 2.40 bits per heavy atom. The van der Waals surface area contributed by atoms with Gasteiger partial charge >= 0.3 is 0 Å². The van der Waals surface area contributed by atoms with E-state index in [0.717, 1.165) is 12.0 Å². The lowest BCUT2D eigenvalue weighted by Crippen LogP contribution is -2.53. The molecule has 2 atom stereocenters. The number of rotatable bonds is 7. The lowest BCUT2D eigenvalue weighted by atomic mass is 9.90. The van der Waals surface area contributed by atoms with Crippen LogP contribution in [0.25, 0.3) is 0 Å². The normalized spacial score (nSPS) is 15.7. The summed E-state index contributed by atoms with van der Waals surface area (Å²) in [5, 5.41) is 3.03. The Labute approximate surface area is 121 Å². The van der Waals surface area contributed by atoms with Gasteiger partial charge in [0, 0.05) is 19.2 Å². The molecule has 0 aliphatic carbocycles. The zero-order chi connectivity index (χ0) is 15.2. The molecule has 4 heteroatoms. The molecule has 3 N–H and O–H groups in total. The molecule has 2 unspecified atom stereocenters. The Kier molecular flexibility index (Phi) is 6.17. The van der Waals surface area contributed by atoms with Gasteiger partial charge in [-0.3, -0.25) is 4.79 Å². The number of ether oxygens (including phenoxy) is 1. The van der Waals surface area contributed by atoms with Crippen molar-refractivity contribution >= 4 is 5.91 Å². The van der Waals surface area contributed by atoms with Gasteiger partial charge in [0.15, 0.2) is 6.10 Å². The largest absolute Gasteiger partial charge is 0.367 e. The van der Waals surface area contributed by atoms with Crippen LogP contribution < -0.4 is 11.1 Å². The highest BCUT2D eigenvalue weighted by molar-refractivity contribution is 5.82. The third kappa shape index (κ3) is 4.62. The van der Waals surface area contributed by atoms with Gasteiger partial charge in [-0.15, -0.1) is 0 Å². The molecule has 0 aliphatic heterocycles. The average Bonchev–Trinajstić information content (AvgIpc) is 2.39. The number of carbonyl (C=O) groups is 1. The molecule has 0 aromatic heterocycles. The third-order valence-electron chi connectivity index (χ3n) is 3.31. The summed E-state index contributed by atoms with van der Waals surface area (Å²) in [4.78, 5) is 12.4. The number of amides is 1. The van der Waals surface area contributed by atoms with E-state index in [1.807, 2.05) is 37.3 Å². The topological polar surface area (TPSA) is 64.3 Å². The zero-order valence-electron chi connectivity index (χ0n) is 12.8. The molecular formula is C16H26N2O2. The van der Waals surface area contributed by atoms with E-state index in [1.165, 1.54) is 0 Å². The molecule has 1 amide bonds. The summed E-state index contributed by atoms with van der Waals surface area (Å²) in [5.41, 5.74) is 6.27. The van der Waals surface area contributed by atoms with E-state index in [-0.39, 0.29) is 5.91 Å². The van der Waals surface area contributed by atoms with Crippen molar-refractivity contribution in [2.45, 2.75) is 38.8 Å². The molecule has 1 aromatic rings. The first-order chi connectivity index (χ1) is 9.41. The van der Waals surface area contributed by atoms with E-state index < -0.39 is 11.6 Å². The zero-order valence-corrected chi connectivity index (χ0v) is 12.8. The summed E-state index contributed by atoms with van der Waals surface area (Å²) in [7, 11) is 1.54. The molecule has 1 rings (SSSR count). The van der Waals surface area contributed by atoms with Crippen molar-refractivity contribution < 1.29 is 9.53 Å². The Balaban J connectivity index is 2.82. The first-order valence-corrected chi connectivity index (χ1v) is 7.01. The maximum atomic E-state index is 12.4. The van der Waals surface area contributed by atoms with Gasteiger partial charge in [0.2, 0.25) is 0 Å². The number of nitrogens with one attached hydrogen (secondary N) is 1. The van der Waals surface area contributed by atoms with Gasteiger partial charge in [0.1, 0.15) is 0 Å². The van der Waals surface area contributed by atoms with Crippen LogP contribution in [0.5, 0.6) is 0 Å². The first kappa shape index (κ1) is 16.7. The second-order valence-corrected chi connectivity index (χ2v) is 5.88. The summed E-state index contributed by atoms with van der Waals surface area (Å²) in [6, 6.07) is 9.47. The van der Waals surface area contributed by atoms with Crippen LogP contribution in [0.3, 0.4) is 0 Å². The van der Waals surface area contributed by atoms with Gasteiger partial charge in [-0.05, 0) is 24.8 Å². The lowest BCUT2D eigenvalue weighted by Gasteiger charge is -2.32. The number of hydrogen-bond donors (Lipinski definition) is 2. The molecule has 4 nitrogen and oxygen atoms in total. The van der Waals surface area contributed by atoms with Crippen LogP contribution >= 0.6 is 0 Å². The second kappa shape index (κ2) is 7.41. The Morgan fingerprint density at radius 1 is 1.35 bits per heavy atom. The summed E-state index contributed by atoms with van der Waals surface area (Å²) >= 11 is 0. The molecule has 1 aromatic carbocycles. The molecule has 0 saturated carbocycles. The number of methoxy groups -OCH3 is 1. The average molecular weight is 278 g/mol. The molecule has 0 bridgehead atoms. The molecule has 0 heterocycles. The van der Waals surface area contributed by atoms with E-state index in [4.69, 9.17) is 10.5 Å². The third-order valence-corrected chi connectivity index (χ3v) is 3.31. The first-order valence-electron chi connectivity index (χ1n) is 7.01. The standard InChI is InChI=1S/C16H26N2O2/c1-12(2)10-16(3,11-17)18-15(19)14(20-4)13-8-6-5-7-9-13/h5-9,12,14H,10-11,17H2,1-4H3,(H,18,19). The van der Waals surface area contributed by atoms with Gasteiger partial charge in [-0.25, -0.2) is 0 Å². The minimum Gasteiger partial charge on any atom is -0.367 e. The fourth-order valence-corrected chi connectivity index (χ4v) is 2.47. The summed E-state index contributed by atoms with van der Waals surface area (Å²) < 4.78 is 5.34. The Hall–Kier alpha value is -1.39. The minimum atomic E-state index is -0.603. The summed E-state index contributed by atoms with van der Waals surface area (Å²) in [6.45, 7) is 6.61. The summed E-state index contributed by atoms with van der Waals surface area (Å²) in [5.74, 6) is 0.314. The number of benzene rings is 1. The minimum absolute atomic E-state index is 0.146. The number of carbonyl (C=O) groups excluding carboxylic acids is 1. The quantitative estimate of drug-likeness (QED) is 0.804. The van der Waals surface area contributed by atoms with Crippen molar-refractivity contribution in [2.75, 3.05) is 13.7 Å². The number of nitrogens with two attached hydrogens (primary N) is 1. The lowest BCUT2D eigenvalue weighted by molar-refractivity contribution is -0.133. The SMILES string of the molecule is COC(C(=O)NC(C)(CN)CC(C)C)c1ccccc1. The van der Waals surface area contributed by atoms with Crippen LogP contribution in [-0.4, -0.2) is 25.1 Å². The molecule has 20 heavy (non-hydrogen) atoms. The maximum absolute atomic E-state index is 12.4. The van der Waals surface area contributed by atoms with E-state index >= 15 is 0 Å². The van der Waals surface area contributed by atoms with Crippen LogP contribution in [0.1, 0.15) is 38.9 Å². The van der Waals surface area contributed by atoms with Crippen molar-refractivity contribution in [3.8, 4) is 0 Å². The van der Waals surface area contributed by atoms with Crippen LogP contribution in [0.4, 0.5) is 0 Å². The smallest absolute Gasteiger partial charge is 0.254 e. The van der Waals surface area contributed by atoms with Crippen molar-refractivity contribution in [1.82, 2.24) is 5.32 Å². The highest BCUT2D eigenvalue weighted by Crippen LogP contribution is 2.20. The molecule has 0 saturated heterocycles. The fourth-order valence-electron chi connectivity index (χ4n) is 2.47. The molecular weight excluding hydrogens is 252 g/mol. The molecule has 0 radical (unpaired) electrons. The molecule has 0 fully saturated rings. The van der Waals surface area contributed by atoms with Crippen LogP contribution in [0, 0.1) is 5.92 Å². The van der Waals surface area contributed by atoms with Gasteiger partial charge in [0.05, 0.1) is 0 Å². The van der Waals surface area contributed by atoms with E-state index in [0.29, 0.717) is 12.5 Å². The van der Waals surface area contributed by atoms with Crippen molar-refractivity contribution in [2.24, 2.45) is 11.7 Å². The monoisotopic (exact) mass is 278 g/mol. The van der Waals surface area contributed by atoms with E-state index in [1.54, 1.807) is 7.11 Å². The van der Waals surface area contributed by atoms with Crippen molar-refractivity contribution in [3.05, 3.63) is 35.9 Å². The maximum Gasteiger partial charge on any atom is 0.254 e. The summed E-state index contributed by atoms with van der Waals surface area (Å²) in [6.07, 6.45) is 0.231. The molecule has 0 aliphatic rings. The van der Waals surface area contributed by atoms with E-state index in [9.17, 15) is 4.79 Å². The van der Waals surface area contributed by atoms with Crippen LogP contribution in [0.2, 0.25) is 0 Å². The molecule has 112 valence electrons. The highest BCUT2D eigenvalue weighted by atomic mass is 16.5. The van der Waals surface area contributed by atoms with Crippen LogP contribution in [-0.2, 0) is 9.53 Å². The molecule has 0 spiro atoms. The van der Waals surface area contributed by atoms with Crippen LogP contribution in [0.15, 0.2) is 30.3 Å². The Morgan fingerprint density at radius 2 is 1.95 bits per heavy atom. The van der Waals surface area contributed by atoms with Gasteiger partial charge in [-0.2, -0.15) is 0 Å². The highest BCUT2D eigenvalue weighted by Gasteiger charge is 2.30. The predicted molar refractivity (Wildman–Crippen MR) is 81.2 cm³/mol. The van der Waals surface area contributed by atoms with Gasteiger partial charge in [0.25, 0.3) is 5.91 Å². The fraction of sp³-hybridized carbons (Fsp3) is 0.562. The van der Waals surface area contributed by atoms with Gasteiger partial charge < -0.3 is 15.8 Å². The number of hydrogen-bond acceptors (Lipinski definition) is 3. The van der Waals surface area contributed by atoms with Crippen molar-refractivity contribution in [3.63, 3.8) is 0 Å². The Bertz CT molecular complexity index is 420. The van der Waals surface area contributed by atoms with Gasteiger partial charge in [-0.1, -0.05) is 44.2 Å². The van der Waals surface area contributed by atoms with Crippen molar-refractivity contribution in [1.29, 1.82) is 0 Å². The van der Waals surface area contributed by atoms with E-state index in [2.05, 4.69) is 19.2 Å².